The zero-order valence-electron chi connectivity index (χ0n) is 23.2. The molecule has 0 saturated heterocycles. The summed E-state index contributed by atoms with van der Waals surface area (Å²) in [4.78, 5) is 4.20. The van der Waals surface area contributed by atoms with Gasteiger partial charge in [-0.25, -0.2) is 4.18 Å². The van der Waals surface area contributed by atoms with Gasteiger partial charge in [-0.05, 0) is 64.7 Å². The first-order chi connectivity index (χ1) is 16.6. The minimum Gasteiger partial charge on any atom is -0.862 e. The van der Waals surface area contributed by atoms with Crippen molar-refractivity contribution < 1.29 is 26.7 Å². The van der Waals surface area contributed by atoms with Crippen LogP contribution in [0.4, 0.5) is 0 Å². The highest BCUT2D eigenvalue weighted by Crippen LogP contribution is 2.08. The normalized spacial score (nSPS) is 12.9. The Kier molecular flexibility index (Phi) is 25.1. The van der Waals surface area contributed by atoms with E-state index >= 15 is 0 Å². The van der Waals surface area contributed by atoms with Crippen LogP contribution in [0.15, 0.2) is 29.3 Å². The lowest BCUT2D eigenvalue weighted by Crippen LogP contribution is -2.40. The summed E-state index contributed by atoms with van der Waals surface area (Å²) >= 11 is 0. The van der Waals surface area contributed by atoms with Gasteiger partial charge in [0.1, 0.15) is 0 Å². The van der Waals surface area contributed by atoms with E-state index in [0.29, 0.717) is 13.0 Å². The summed E-state index contributed by atoms with van der Waals surface area (Å²) in [5.74, 6) is 0.104. The highest BCUT2D eigenvalue weighted by atomic mass is 32.3. The van der Waals surface area contributed by atoms with Gasteiger partial charge in [0.2, 0.25) is 0 Å². The van der Waals surface area contributed by atoms with E-state index in [1.54, 1.807) is 0 Å². The molecule has 208 valence electrons. The molecule has 8 heteroatoms. The van der Waals surface area contributed by atoms with E-state index < -0.39 is 10.4 Å². The number of quaternary nitrogens is 1. The first kappa shape index (κ1) is 35.9. The molecule has 35 heavy (non-hydrogen) atoms. The average Bonchev–Trinajstić information content (AvgIpc) is 2.79. The lowest BCUT2D eigenvalue weighted by Gasteiger charge is -2.27. The van der Waals surface area contributed by atoms with Crippen LogP contribution in [0.3, 0.4) is 0 Å². The fourth-order valence-electron chi connectivity index (χ4n) is 3.18. The monoisotopic (exact) mass is 518 g/mol. The minimum absolute atomic E-state index is 0.0289. The summed E-state index contributed by atoms with van der Waals surface area (Å²) in [5, 5.41) is 11.8. The maximum atomic E-state index is 11.8. The molecule has 0 rings (SSSR count). The first-order valence-electron chi connectivity index (χ1n) is 13.5. The third-order valence-corrected chi connectivity index (χ3v) is 6.21. The lowest BCUT2D eigenvalue weighted by molar-refractivity contribution is -0.888. The molecule has 0 heterocycles. The van der Waals surface area contributed by atoms with Crippen molar-refractivity contribution >= 4 is 16.3 Å². The van der Waals surface area contributed by atoms with Gasteiger partial charge in [0.25, 0.3) is 0 Å². The van der Waals surface area contributed by atoms with Crippen LogP contribution in [-0.2, 0) is 14.6 Å². The number of aliphatic imine (C=N–C) groups is 1. The van der Waals surface area contributed by atoms with Gasteiger partial charge in [-0.3, -0.25) is 4.55 Å². The Morgan fingerprint density at radius 2 is 1.46 bits per heavy atom. The van der Waals surface area contributed by atoms with Crippen LogP contribution in [0, 0.1) is 0 Å². The maximum absolute atomic E-state index is 11.8. The topological polar surface area (TPSA) is 99.0 Å². The van der Waals surface area contributed by atoms with E-state index in [1.165, 1.54) is 58.3 Å². The first-order valence-corrected chi connectivity index (χ1v) is 14.9. The zero-order valence-corrected chi connectivity index (χ0v) is 24.0. The number of hydrogen-bond donors (Lipinski definition) is 1. The van der Waals surface area contributed by atoms with Crippen molar-refractivity contribution in [1.29, 1.82) is 0 Å². The Labute approximate surface area is 216 Å². The molecule has 0 saturated carbocycles. The van der Waals surface area contributed by atoms with Crippen LogP contribution in [0.5, 0.6) is 0 Å². The maximum Gasteiger partial charge on any atom is 0.397 e. The summed E-state index contributed by atoms with van der Waals surface area (Å²) in [6.07, 6.45) is 24.3. The van der Waals surface area contributed by atoms with Crippen LogP contribution >= 0.6 is 0 Å². The summed E-state index contributed by atoms with van der Waals surface area (Å²) in [6.45, 7) is 8.80. The van der Waals surface area contributed by atoms with Crippen molar-refractivity contribution in [2.24, 2.45) is 4.99 Å². The highest BCUT2D eigenvalue weighted by molar-refractivity contribution is 7.80. The van der Waals surface area contributed by atoms with Gasteiger partial charge >= 0.3 is 10.4 Å². The Balaban J connectivity index is 0. The van der Waals surface area contributed by atoms with Crippen LogP contribution in [0.25, 0.3) is 0 Å². The molecule has 0 unspecified atom stereocenters. The summed E-state index contributed by atoms with van der Waals surface area (Å²) in [6, 6.07) is 0. The van der Waals surface area contributed by atoms with Crippen LogP contribution in [-0.4, -0.2) is 63.7 Å². The number of hydrogen-bond acceptors (Lipinski definition) is 5. The van der Waals surface area contributed by atoms with Gasteiger partial charge in [0, 0.05) is 13.0 Å². The van der Waals surface area contributed by atoms with Gasteiger partial charge in [-0.2, -0.15) is 8.42 Å². The van der Waals surface area contributed by atoms with Crippen LogP contribution < -0.4 is 5.11 Å². The van der Waals surface area contributed by atoms with Gasteiger partial charge in [0.05, 0.1) is 33.8 Å². The van der Waals surface area contributed by atoms with E-state index in [-0.39, 0.29) is 12.5 Å². The second-order valence-corrected chi connectivity index (χ2v) is 10.5. The van der Waals surface area contributed by atoms with E-state index in [0.717, 1.165) is 43.3 Å². The Morgan fingerprint density at radius 1 is 0.886 bits per heavy atom. The summed E-state index contributed by atoms with van der Waals surface area (Å²) in [7, 11) is 0.279. The van der Waals surface area contributed by atoms with Gasteiger partial charge < -0.3 is 14.6 Å². The highest BCUT2D eigenvalue weighted by Gasteiger charge is 2.09. The molecular formula is C27H54N2O5S. The SMILES string of the molecule is CCCCCC=CCC=CCCCCCCCC([O-])=NCCC[N+](C)(C)CC.CCOS(=O)(=O)O. The predicted molar refractivity (Wildman–Crippen MR) is 147 cm³/mol. The predicted octanol–water partition coefficient (Wildman–Crippen LogP) is 5.87. The third-order valence-electron chi connectivity index (χ3n) is 5.67. The number of rotatable bonds is 21. The smallest absolute Gasteiger partial charge is 0.397 e. The van der Waals surface area contributed by atoms with Crippen molar-refractivity contribution in [2.45, 2.75) is 104 Å². The number of nitrogens with zero attached hydrogens (tertiary/aromatic N) is 2. The standard InChI is InChI=1S/C25H48N2O.C2H6O4S/c1-5-7-8-9-10-11-12-13-14-15-16-17-18-19-20-22-25(28)26-23-21-24-27(3,4)6-2;1-2-6-7(3,4)5/h10-11,13-14H,5-9,12,15-24H2,1-4H3;2H2,1H3,(H,3,4,5). The Morgan fingerprint density at radius 3 is 1.97 bits per heavy atom. The fraction of sp³-hybridized carbons (Fsp3) is 0.815. The molecule has 0 radical (unpaired) electrons. The van der Waals surface area contributed by atoms with Gasteiger partial charge in [-0.15, -0.1) is 0 Å². The number of unbranched alkanes of at least 4 members (excludes halogenated alkanes) is 8. The fourth-order valence-corrected chi connectivity index (χ4v) is 3.47. The van der Waals surface area contributed by atoms with Crippen molar-refractivity contribution in [3.63, 3.8) is 0 Å². The molecule has 1 N–H and O–H groups in total. The van der Waals surface area contributed by atoms with Crippen LogP contribution in [0.1, 0.15) is 104 Å². The van der Waals surface area contributed by atoms with Crippen molar-refractivity contribution in [2.75, 3.05) is 40.3 Å². The zero-order chi connectivity index (χ0) is 26.8. The van der Waals surface area contributed by atoms with E-state index in [4.69, 9.17) is 4.55 Å². The second kappa shape index (κ2) is 24.5. The van der Waals surface area contributed by atoms with Gasteiger partial charge in [-0.1, -0.05) is 63.3 Å². The van der Waals surface area contributed by atoms with E-state index in [9.17, 15) is 13.5 Å². The Bertz CT molecular complexity index is 658. The van der Waals surface area contributed by atoms with Gasteiger partial charge in [0.15, 0.2) is 0 Å². The molecule has 0 aliphatic rings. The molecule has 0 atom stereocenters. The molecule has 0 aromatic carbocycles. The molecule has 0 bridgehead atoms. The molecule has 0 fully saturated rings. The van der Waals surface area contributed by atoms with E-state index in [2.05, 4.69) is 61.4 Å². The lowest BCUT2D eigenvalue weighted by atomic mass is 10.1. The molecule has 0 aromatic heterocycles. The Hall–Kier alpha value is -1.22. The molecule has 0 aliphatic carbocycles. The number of allylic oxidation sites excluding steroid dienone is 4. The van der Waals surface area contributed by atoms with Crippen LogP contribution in [0.2, 0.25) is 0 Å². The molecule has 0 spiro atoms. The molecule has 0 aliphatic heterocycles. The van der Waals surface area contributed by atoms with E-state index in [1.807, 2.05) is 0 Å². The average molecular weight is 519 g/mol. The second-order valence-electron chi connectivity index (χ2n) is 9.42. The largest absolute Gasteiger partial charge is 0.862 e. The molecule has 0 amide bonds. The summed E-state index contributed by atoms with van der Waals surface area (Å²) in [5.41, 5.74) is 0. The summed E-state index contributed by atoms with van der Waals surface area (Å²) < 4.78 is 31.7. The minimum atomic E-state index is -4.17. The van der Waals surface area contributed by atoms with Crippen molar-refractivity contribution in [1.82, 2.24) is 0 Å². The molecule has 0 aromatic rings. The van der Waals surface area contributed by atoms with Crippen molar-refractivity contribution in [3.8, 4) is 0 Å². The molecular weight excluding hydrogens is 464 g/mol. The quantitative estimate of drug-likeness (QED) is 0.0511. The van der Waals surface area contributed by atoms with Crippen molar-refractivity contribution in [3.05, 3.63) is 24.3 Å². The molecule has 7 nitrogen and oxygen atoms in total. The third kappa shape index (κ3) is 32.8.